The lowest BCUT2D eigenvalue weighted by molar-refractivity contribution is 0.0593. The maximum Gasteiger partial charge on any atom is 0.358 e. The van der Waals surface area contributed by atoms with Gasteiger partial charge in [-0.1, -0.05) is 18.2 Å². The minimum Gasteiger partial charge on any atom is -0.464 e. The summed E-state index contributed by atoms with van der Waals surface area (Å²) in [6.07, 6.45) is 3.09. The van der Waals surface area contributed by atoms with Gasteiger partial charge >= 0.3 is 5.97 Å². The molecule has 0 saturated carbocycles. The van der Waals surface area contributed by atoms with E-state index >= 15 is 0 Å². The number of carbonyl (C=O) groups excluding carboxylic acids is 2. The van der Waals surface area contributed by atoms with E-state index in [0.29, 0.717) is 17.9 Å². The van der Waals surface area contributed by atoms with Crippen LogP contribution in [0.5, 0.6) is 0 Å². The second kappa shape index (κ2) is 7.94. The van der Waals surface area contributed by atoms with E-state index in [0.717, 1.165) is 25.9 Å². The van der Waals surface area contributed by atoms with Crippen molar-refractivity contribution in [3.63, 3.8) is 0 Å². The van der Waals surface area contributed by atoms with Gasteiger partial charge in [-0.2, -0.15) is 5.10 Å². The van der Waals surface area contributed by atoms with Crippen LogP contribution in [0.1, 0.15) is 40.2 Å². The van der Waals surface area contributed by atoms with E-state index in [1.165, 1.54) is 17.9 Å². The number of hydrogen-bond donors (Lipinski definition) is 1. The standard InChI is InChI=1S/C18H21N3O4/c1-24-18(23)15-12-16(21(20-15)13-6-3-2-4-7-13)17(22)19-10-9-14-8-5-11-25-14/h2-4,6-7,12,14H,5,8-11H2,1H3,(H,19,22). The van der Waals surface area contributed by atoms with Gasteiger partial charge < -0.3 is 14.8 Å². The Bertz CT molecular complexity index is 736. The number of hydrogen-bond acceptors (Lipinski definition) is 5. The molecule has 132 valence electrons. The minimum absolute atomic E-state index is 0.0932. The number of nitrogens with zero attached hydrogens (tertiary/aromatic N) is 2. The number of nitrogens with one attached hydrogen (secondary N) is 1. The van der Waals surface area contributed by atoms with Crippen molar-refractivity contribution >= 4 is 11.9 Å². The second-order valence-corrected chi connectivity index (χ2v) is 5.83. The van der Waals surface area contributed by atoms with Crippen LogP contribution in [0.4, 0.5) is 0 Å². The van der Waals surface area contributed by atoms with Crippen LogP contribution in [0.15, 0.2) is 36.4 Å². The van der Waals surface area contributed by atoms with E-state index in [-0.39, 0.29) is 17.7 Å². The van der Waals surface area contributed by atoms with Crippen molar-refractivity contribution in [2.75, 3.05) is 20.3 Å². The van der Waals surface area contributed by atoms with Crippen LogP contribution in [0.3, 0.4) is 0 Å². The van der Waals surface area contributed by atoms with Crippen LogP contribution < -0.4 is 5.32 Å². The molecule has 1 atom stereocenters. The van der Waals surface area contributed by atoms with Gasteiger partial charge in [0.15, 0.2) is 5.69 Å². The molecule has 1 saturated heterocycles. The molecule has 0 radical (unpaired) electrons. The number of amides is 1. The van der Waals surface area contributed by atoms with E-state index in [1.54, 1.807) is 0 Å². The predicted molar refractivity (Wildman–Crippen MR) is 90.8 cm³/mol. The number of carbonyl (C=O) groups is 2. The first-order valence-corrected chi connectivity index (χ1v) is 8.32. The van der Waals surface area contributed by atoms with Gasteiger partial charge in [-0.15, -0.1) is 0 Å². The molecule has 1 unspecified atom stereocenters. The van der Waals surface area contributed by atoms with Crippen LogP contribution in [-0.4, -0.2) is 48.0 Å². The Kier molecular flexibility index (Phi) is 5.45. The van der Waals surface area contributed by atoms with Crippen LogP contribution in [0, 0.1) is 0 Å². The molecule has 2 aromatic rings. The van der Waals surface area contributed by atoms with Crippen molar-refractivity contribution in [1.29, 1.82) is 0 Å². The fourth-order valence-corrected chi connectivity index (χ4v) is 2.82. The van der Waals surface area contributed by atoms with E-state index in [2.05, 4.69) is 10.4 Å². The van der Waals surface area contributed by atoms with Crippen molar-refractivity contribution in [2.24, 2.45) is 0 Å². The number of methoxy groups -OCH3 is 1. The number of aromatic nitrogens is 2. The number of rotatable bonds is 6. The van der Waals surface area contributed by atoms with E-state index < -0.39 is 5.97 Å². The Morgan fingerprint density at radius 2 is 2.16 bits per heavy atom. The molecule has 25 heavy (non-hydrogen) atoms. The van der Waals surface area contributed by atoms with Crippen molar-refractivity contribution < 1.29 is 19.1 Å². The molecule has 1 fully saturated rings. The fourth-order valence-electron chi connectivity index (χ4n) is 2.82. The van der Waals surface area contributed by atoms with Crippen molar-refractivity contribution in [2.45, 2.75) is 25.4 Å². The summed E-state index contributed by atoms with van der Waals surface area (Å²) in [4.78, 5) is 24.3. The van der Waals surface area contributed by atoms with E-state index in [9.17, 15) is 9.59 Å². The molecule has 7 heteroatoms. The highest BCUT2D eigenvalue weighted by molar-refractivity contribution is 5.96. The zero-order valence-electron chi connectivity index (χ0n) is 14.1. The summed E-state index contributed by atoms with van der Waals surface area (Å²) in [6.45, 7) is 1.30. The molecule has 3 rings (SSSR count). The Morgan fingerprint density at radius 3 is 2.84 bits per heavy atom. The Balaban J connectivity index is 1.76. The second-order valence-electron chi connectivity index (χ2n) is 5.83. The molecule has 0 aliphatic carbocycles. The number of esters is 1. The van der Waals surface area contributed by atoms with Crippen molar-refractivity contribution in [3.05, 3.63) is 47.8 Å². The summed E-state index contributed by atoms with van der Waals surface area (Å²) in [5.74, 6) is -0.868. The maximum absolute atomic E-state index is 12.6. The quantitative estimate of drug-likeness (QED) is 0.811. The van der Waals surface area contributed by atoms with Crippen molar-refractivity contribution in [1.82, 2.24) is 15.1 Å². The van der Waals surface area contributed by atoms with Crippen LogP contribution >= 0.6 is 0 Å². The Labute approximate surface area is 145 Å². The average Bonchev–Trinajstić information content (AvgIpc) is 3.31. The lowest BCUT2D eigenvalue weighted by atomic mass is 10.2. The van der Waals surface area contributed by atoms with Gasteiger partial charge in [-0.25, -0.2) is 9.48 Å². The first-order valence-electron chi connectivity index (χ1n) is 8.32. The van der Waals surface area contributed by atoms with Crippen LogP contribution in [0.25, 0.3) is 5.69 Å². The molecular formula is C18H21N3O4. The lowest BCUT2D eigenvalue weighted by Crippen LogP contribution is -2.28. The fraction of sp³-hybridized carbons (Fsp3) is 0.389. The highest BCUT2D eigenvalue weighted by Crippen LogP contribution is 2.16. The largest absolute Gasteiger partial charge is 0.464 e. The number of ether oxygens (including phenoxy) is 2. The molecule has 0 bridgehead atoms. The molecular weight excluding hydrogens is 322 g/mol. The summed E-state index contributed by atoms with van der Waals surface area (Å²) >= 11 is 0. The van der Waals surface area contributed by atoms with Crippen molar-refractivity contribution in [3.8, 4) is 5.69 Å². The molecule has 1 aliphatic rings. The van der Waals surface area contributed by atoms with Gasteiger partial charge in [0.05, 0.1) is 18.9 Å². The summed E-state index contributed by atoms with van der Waals surface area (Å²) in [7, 11) is 1.28. The van der Waals surface area contributed by atoms with Gasteiger partial charge in [-0.3, -0.25) is 4.79 Å². The summed E-state index contributed by atoms with van der Waals surface area (Å²) in [5.41, 5.74) is 1.08. The SMILES string of the molecule is COC(=O)c1cc(C(=O)NCCC2CCCO2)n(-c2ccccc2)n1. The van der Waals surface area contributed by atoms with Gasteiger partial charge in [0, 0.05) is 19.2 Å². The molecule has 1 aromatic carbocycles. The van der Waals surface area contributed by atoms with Gasteiger partial charge in [0.1, 0.15) is 5.69 Å². The zero-order chi connectivity index (χ0) is 17.6. The topological polar surface area (TPSA) is 82.5 Å². The molecule has 1 N–H and O–H groups in total. The molecule has 2 heterocycles. The minimum atomic E-state index is -0.580. The van der Waals surface area contributed by atoms with Gasteiger partial charge in [-0.05, 0) is 31.4 Å². The summed E-state index contributed by atoms with van der Waals surface area (Å²) < 4.78 is 11.7. The van der Waals surface area contributed by atoms with E-state index in [4.69, 9.17) is 9.47 Å². The smallest absolute Gasteiger partial charge is 0.358 e. The first kappa shape index (κ1) is 17.2. The molecule has 7 nitrogen and oxygen atoms in total. The molecule has 0 spiro atoms. The Morgan fingerprint density at radius 1 is 1.36 bits per heavy atom. The Hall–Kier alpha value is -2.67. The third-order valence-corrected chi connectivity index (χ3v) is 4.11. The zero-order valence-corrected chi connectivity index (χ0v) is 14.1. The summed E-state index contributed by atoms with van der Waals surface area (Å²) in [5, 5.41) is 7.09. The highest BCUT2D eigenvalue weighted by atomic mass is 16.5. The highest BCUT2D eigenvalue weighted by Gasteiger charge is 2.21. The average molecular weight is 343 g/mol. The van der Waals surface area contributed by atoms with Gasteiger partial charge in [0.25, 0.3) is 5.91 Å². The normalized spacial score (nSPS) is 16.6. The lowest BCUT2D eigenvalue weighted by Gasteiger charge is -2.11. The third kappa shape index (κ3) is 4.06. The maximum atomic E-state index is 12.6. The summed E-state index contributed by atoms with van der Waals surface area (Å²) in [6, 6.07) is 10.6. The molecule has 1 aromatic heterocycles. The predicted octanol–water partition coefficient (Wildman–Crippen LogP) is 1.96. The van der Waals surface area contributed by atoms with Gasteiger partial charge in [0.2, 0.25) is 0 Å². The monoisotopic (exact) mass is 343 g/mol. The molecule has 1 amide bonds. The van der Waals surface area contributed by atoms with Crippen LogP contribution in [0.2, 0.25) is 0 Å². The molecule has 1 aliphatic heterocycles. The number of benzene rings is 1. The number of para-hydroxylation sites is 1. The first-order chi connectivity index (χ1) is 12.2. The van der Waals surface area contributed by atoms with Crippen LogP contribution in [-0.2, 0) is 9.47 Å². The van der Waals surface area contributed by atoms with E-state index in [1.807, 2.05) is 30.3 Å². The third-order valence-electron chi connectivity index (χ3n) is 4.11.